The van der Waals surface area contributed by atoms with Crippen molar-refractivity contribution in [1.29, 1.82) is 0 Å². The number of rotatable bonds is 5. The molecule has 0 heterocycles. The number of carbonyl (C=O) groups excluding carboxylic acids is 1. The molecule has 2 aromatic rings. The highest BCUT2D eigenvalue weighted by Gasteiger charge is 2.06. The van der Waals surface area contributed by atoms with E-state index in [0.29, 0.717) is 24.1 Å². The van der Waals surface area contributed by atoms with Crippen LogP contribution in [0.5, 0.6) is 0 Å². The summed E-state index contributed by atoms with van der Waals surface area (Å²) >= 11 is 0. The van der Waals surface area contributed by atoms with Crippen molar-refractivity contribution < 1.29 is 9.18 Å². The Bertz CT molecular complexity index is 623. The van der Waals surface area contributed by atoms with Gasteiger partial charge in [0.1, 0.15) is 5.82 Å². The number of nitrogens with one attached hydrogen (secondary N) is 1. The summed E-state index contributed by atoms with van der Waals surface area (Å²) in [4.78, 5) is 11.9. The monoisotopic (exact) mass is 286 g/mol. The van der Waals surface area contributed by atoms with Gasteiger partial charge in [-0.3, -0.25) is 4.79 Å². The zero-order chi connectivity index (χ0) is 15.2. The van der Waals surface area contributed by atoms with E-state index in [2.05, 4.69) is 5.32 Å². The van der Waals surface area contributed by atoms with Gasteiger partial charge in [0.25, 0.3) is 0 Å². The molecular weight excluding hydrogens is 267 g/mol. The van der Waals surface area contributed by atoms with E-state index in [-0.39, 0.29) is 18.3 Å². The molecule has 0 saturated heterocycles. The topological polar surface area (TPSA) is 55.1 Å². The van der Waals surface area contributed by atoms with Gasteiger partial charge >= 0.3 is 0 Å². The minimum absolute atomic E-state index is 0.0924. The SMILES string of the molecule is Cc1ccc(CCC(=O)Nc2ccc(F)c(CN)c2)cc1. The van der Waals surface area contributed by atoms with Crippen molar-refractivity contribution in [3.8, 4) is 0 Å². The minimum atomic E-state index is -0.352. The van der Waals surface area contributed by atoms with Gasteiger partial charge in [0.15, 0.2) is 0 Å². The van der Waals surface area contributed by atoms with E-state index in [1.165, 1.54) is 17.7 Å². The summed E-state index contributed by atoms with van der Waals surface area (Å²) in [6.07, 6.45) is 1.06. The molecule has 3 nitrogen and oxygen atoms in total. The van der Waals surface area contributed by atoms with Gasteiger partial charge in [0.05, 0.1) is 0 Å². The molecule has 0 saturated carbocycles. The Labute approximate surface area is 124 Å². The summed E-state index contributed by atoms with van der Waals surface area (Å²) in [5.74, 6) is -0.444. The van der Waals surface area contributed by atoms with Crippen LogP contribution in [0.25, 0.3) is 0 Å². The predicted molar refractivity (Wildman–Crippen MR) is 82.4 cm³/mol. The molecule has 2 rings (SSSR count). The molecule has 21 heavy (non-hydrogen) atoms. The zero-order valence-electron chi connectivity index (χ0n) is 12.0. The van der Waals surface area contributed by atoms with Gasteiger partial charge in [-0.05, 0) is 37.1 Å². The maximum Gasteiger partial charge on any atom is 0.224 e. The lowest BCUT2D eigenvalue weighted by molar-refractivity contribution is -0.116. The molecule has 110 valence electrons. The van der Waals surface area contributed by atoms with Crippen LogP contribution in [0.4, 0.5) is 10.1 Å². The standard InChI is InChI=1S/C17H19FN2O/c1-12-2-4-13(5-3-12)6-9-17(21)20-15-7-8-16(18)14(10-15)11-19/h2-5,7-8,10H,6,9,11,19H2,1H3,(H,20,21). The van der Waals surface area contributed by atoms with E-state index >= 15 is 0 Å². The maximum absolute atomic E-state index is 13.3. The van der Waals surface area contributed by atoms with Crippen LogP contribution in [0.2, 0.25) is 0 Å². The number of amides is 1. The van der Waals surface area contributed by atoms with Crippen LogP contribution in [0.3, 0.4) is 0 Å². The number of halogens is 1. The number of anilines is 1. The Morgan fingerprint density at radius 1 is 1.19 bits per heavy atom. The number of benzene rings is 2. The summed E-state index contributed by atoms with van der Waals surface area (Å²) in [5, 5.41) is 2.76. The molecule has 0 bridgehead atoms. The molecule has 0 aliphatic heterocycles. The third-order valence-electron chi connectivity index (χ3n) is 3.31. The molecule has 0 radical (unpaired) electrons. The highest BCUT2D eigenvalue weighted by atomic mass is 19.1. The minimum Gasteiger partial charge on any atom is -0.326 e. The Balaban J connectivity index is 1.91. The van der Waals surface area contributed by atoms with Crippen molar-refractivity contribution in [2.45, 2.75) is 26.3 Å². The number of nitrogens with two attached hydrogens (primary N) is 1. The number of hydrogen-bond donors (Lipinski definition) is 2. The van der Waals surface area contributed by atoms with Gasteiger partial charge in [-0.15, -0.1) is 0 Å². The Morgan fingerprint density at radius 3 is 2.57 bits per heavy atom. The lowest BCUT2D eigenvalue weighted by Crippen LogP contribution is -2.13. The van der Waals surface area contributed by atoms with Crippen molar-refractivity contribution in [3.05, 3.63) is 65.0 Å². The molecule has 3 N–H and O–H groups in total. The summed E-state index contributed by atoms with van der Waals surface area (Å²) < 4.78 is 13.3. The number of aryl methyl sites for hydroxylation is 2. The highest BCUT2D eigenvalue weighted by Crippen LogP contribution is 2.15. The summed E-state index contributed by atoms with van der Waals surface area (Å²) in [7, 11) is 0. The molecule has 0 fully saturated rings. The Kier molecular flexibility index (Phi) is 5.06. The van der Waals surface area contributed by atoms with Gasteiger partial charge < -0.3 is 11.1 Å². The first-order chi connectivity index (χ1) is 10.1. The van der Waals surface area contributed by atoms with Crippen LogP contribution in [0.15, 0.2) is 42.5 Å². The number of hydrogen-bond acceptors (Lipinski definition) is 2. The van der Waals surface area contributed by atoms with Gasteiger partial charge in [0.2, 0.25) is 5.91 Å². The smallest absolute Gasteiger partial charge is 0.224 e. The molecule has 0 aromatic heterocycles. The lowest BCUT2D eigenvalue weighted by atomic mass is 10.1. The third-order valence-corrected chi connectivity index (χ3v) is 3.31. The van der Waals surface area contributed by atoms with E-state index in [0.717, 1.165) is 5.56 Å². The molecular formula is C17H19FN2O. The average molecular weight is 286 g/mol. The first-order valence-corrected chi connectivity index (χ1v) is 6.92. The van der Waals surface area contributed by atoms with Crippen LogP contribution < -0.4 is 11.1 Å². The average Bonchev–Trinajstić information content (AvgIpc) is 2.48. The van der Waals surface area contributed by atoms with E-state index in [9.17, 15) is 9.18 Å². The molecule has 0 spiro atoms. The molecule has 0 unspecified atom stereocenters. The second-order valence-electron chi connectivity index (χ2n) is 5.04. The zero-order valence-corrected chi connectivity index (χ0v) is 12.0. The number of carbonyl (C=O) groups is 1. The van der Waals surface area contributed by atoms with Crippen molar-refractivity contribution in [3.63, 3.8) is 0 Å². The van der Waals surface area contributed by atoms with Gasteiger partial charge in [-0.2, -0.15) is 0 Å². The predicted octanol–water partition coefficient (Wildman–Crippen LogP) is 3.16. The highest BCUT2D eigenvalue weighted by molar-refractivity contribution is 5.90. The fraction of sp³-hybridized carbons (Fsp3) is 0.235. The van der Waals surface area contributed by atoms with Crippen LogP contribution in [0.1, 0.15) is 23.1 Å². The quantitative estimate of drug-likeness (QED) is 0.887. The van der Waals surface area contributed by atoms with Crippen molar-refractivity contribution >= 4 is 11.6 Å². The van der Waals surface area contributed by atoms with E-state index in [4.69, 9.17) is 5.73 Å². The summed E-state index contributed by atoms with van der Waals surface area (Å²) in [6.45, 7) is 2.14. The first-order valence-electron chi connectivity index (χ1n) is 6.92. The second kappa shape index (κ2) is 6.99. The first kappa shape index (κ1) is 15.2. The molecule has 0 atom stereocenters. The van der Waals surface area contributed by atoms with Crippen LogP contribution in [-0.2, 0) is 17.8 Å². The van der Waals surface area contributed by atoms with E-state index in [1.54, 1.807) is 6.07 Å². The normalized spacial score (nSPS) is 10.4. The van der Waals surface area contributed by atoms with E-state index in [1.807, 2.05) is 31.2 Å². The summed E-state index contributed by atoms with van der Waals surface area (Å²) in [5.41, 5.74) is 8.73. The Morgan fingerprint density at radius 2 is 1.90 bits per heavy atom. The molecule has 0 aliphatic rings. The molecule has 2 aromatic carbocycles. The lowest BCUT2D eigenvalue weighted by Gasteiger charge is -2.08. The van der Waals surface area contributed by atoms with Crippen molar-refractivity contribution in [2.75, 3.05) is 5.32 Å². The Hall–Kier alpha value is -2.20. The fourth-order valence-corrected chi connectivity index (χ4v) is 2.05. The maximum atomic E-state index is 13.3. The van der Waals surface area contributed by atoms with Crippen LogP contribution in [-0.4, -0.2) is 5.91 Å². The van der Waals surface area contributed by atoms with Gasteiger partial charge in [-0.1, -0.05) is 29.8 Å². The van der Waals surface area contributed by atoms with Crippen LogP contribution >= 0.6 is 0 Å². The summed E-state index contributed by atoms with van der Waals surface area (Å²) in [6, 6.07) is 12.5. The molecule has 1 amide bonds. The second-order valence-corrected chi connectivity index (χ2v) is 5.04. The fourth-order valence-electron chi connectivity index (χ4n) is 2.05. The van der Waals surface area contributed by atoms with Crippen molar-refractivity contribution in [1.82, 2.24) is 0 Å². The van der Waals surface area contributed by atoms with E-state index < -0.39 is 0 Å². The van der Waals surface area contributed by atoms with Gasteiger partial charge in [-0.25, -0.2) is 4.39 Å². The van der Waals surface area contributed by atoms with Crippen molar-refractivity contribution in [2.24, 2.45) is 5.73 Å². The van der Waals surface area contributed by atoms with Gasteiger partial charge in [0, 0.05) is 24.2 Å². The largest absolute Gasteiger partial charge is 0.326 e. The third kappa shape index (κ3) is 4.39. The van der Waals surface area contributed by atoms with Crippen LogP contribution in [0, 0.1) is 12.7 Å². The molecule has 0 aliphatic carbocycles. The molecule has 4 heteroatoms.